The zero-order valence-corrected chi connectivity index (χ0v) is 31.0. The molecule has 276 valence electrons. The molecule has 6 N–H and O–H groups in total. The molecule has 1 saturated heterocycles. The highest BCUT2D eigenvalue weighted by Crippen LogP contribution is 2.45. The van der Waals surface area contributed by atoms with Crippen LogP contribution < -0.4 is 22.1 Å². The van der Waals surface area contributed by atoms with Crippen molar-refractivity contribution in [3.8, 4) is 0 Å². The first-order valence-electron chi connectivity index (χ1n) is 18.8. The van der Waals surface area contributed by atoms with E-state index in [1.807, 2.05) is 24.3 Å². The molecule has 1 aliphatic heterocycles. The Bertz CT molecular complexity index is 2520. The van der Waals surface area contributed by atoms with Crippen molar-refractivity contribution in [3.05, 3.63) is 131 Å². The Morgan fingerprint density at radius 2 is 1.56 bits per heavy atom. The molecule has 0 spiro atoms. The summed E-state index contributed by atoms with van der Waals surface area (Å²) in [7, 11) is -4.08. The number of piperazine rings is 1. The maximum Gasteiger partial charge on any atom is 0.243 e. The monoisotopic (exact) mass is 739 g/mol. The van der Waals surface area contributed by atoms with Crippen molar-refractivity contribution < 1.29 is 18.0 Å². The Morgan fingerprint density at radius 3 is 2.33 bits per heavy atom. The Hall–Kier alpha value is -5.13. The average molecular weight is 740 g/mol. The molecule has 2 aliphatic rings. The number of sulfonamides is 1. The number of nitrogens with zero attached hydrogens (tertiary/aromatic N) is 1. The fourth-order valence-corrected chi connectivity index (χ4v) is 10.2. The molecule has 0 aromatic heterocycles. The van der Waals surface area contributed by atoms with Gasteiger partial charge in [0.05, 0.1) is 17.0 Å². The summed E-state index contributed by atoms with van der Waals surface area (Å²) in [6.07, 6.45) is 4.36. The lowest BCUT2D eigenvalue weighted by Gasteiger charge is -2.34. The van der Waals surface area contributed by atoms with Gasteiger partial charge >= 0.3 is 0 Å². The molecule has 54 heavy (non-hydrogen) atoms. The van der Waals surface area contributed by atoms with Gasteiger partial charge in [0, 0.05) is 30.9 Å². The van der Waals surface area contributed by atoms with Crippen LogP contribution in [0, 0.1) is 0 Å². The van der Waals surface area contributed by atoms with Crippen LogP contribution in [0.2, 0.25) is 0 Å². The minimum absolute atomic E-state index is 0.0170. The maximum atomic E-state index is 14.1. The molecule has 0 radical (unpaired) electrons. The summed E-state index contributed by atoms with van der Waals surface area (Å²) in [6, 6.07) is 32.8. The molecule has 1 aliphatic carbocycles. The number of anilines is 1. The van der Waals surface area contributed by atoms with E-state index in [4.69, 9.17) is 11.5 Å². The lowest BCUT2D eigenvalue weighted by molar-refractivity contribution is -0.130. The molecular formula is C44H45N5O4S. The summed E-state index contributed by atoms with van der Waals surface area (Å²) in [6.45, 7) is 1.13. The number of amides is 2. The summed E-state index contributed by atoms with van der Waals surface area (Å²) in [5, 5.41) is 12.9. The number of carbonyl (C=O) groups excluding carboxylic acids is 2. The van der Waals surface area contributed by atoms with Gasteiger partial charge in [-0.2, -0.15) is 4.31 Å². The molecular weight excluding hydrogens is 695 g/mol. The highest BCUT2D eigenvalue weighted by atomic mass is 32.2. The molecule has 1 heterocycles. The molecule has 2 amide bonds. The van der Waals surface area contributed by atoms with E-state index >= 15 is 0 Å². The standard InChI is InChI=1S/C44H45N5O4S/c45-22-6-8-30-25-40-36-13-5-12-35(37(36)20-21-38(40)34-11-4-3-9-32(30)34)39-19-16-29-7-1-2-10-33(29)43(39)48-42(50)26-41-44(51)47-23-24-49(41)54(52,53)31-17-14-28(27-46)15-18-31/h1-4,7,9-11,14-21,25,35,41H,5-6,8,12-13,22-24,26-27,45-46H2,(H,47,51)(H,48,50)/t35-,41-/m1/s1. The molecule has 9 nitrogen and oxygen atoms in total. The maximum absolute atomic E-state index is 14.1. The molecule has 2 atom stereocenters. The molecule has 6 aromatic rings. The second kappa shape index (κ2) is 14.9. The van der Waals surface area contributed by atoms with Gasteiger partial charge in [-0.25, -0.2) is 8.42 Å². The van der Waals surface area contributed by atoms with Crippen LogP contribution >= 0.6 is 0 Å². The van der Waals surface area contributed by atoms with E-state index in [0.29, 0.717) is 12.2 Å². The van der Waals surface area contributed by atoms with Crippen LogP contribution in [0.5, 0.6) is 0 Å². The van der Waals surface area contributed by atoms with Crippen LogP contribution in [0.15, 0.2) is 108 Å². The molecule has 1 fully saturated rings. The molecule has 0 unspecified atom stereocenters. The van der Waals surface area contributed by atoms with Gasteiger partial charge < -0.3 is 22.1 Å². The summed E-state index contributed by atoms with van der Waals surface area (Å²) in [5.41, 5.74) is 18.1. The highest BCUT2D eigenvalue weighted by molar-refractivity contribution is 7.89. The van der Waals surface area contributed by atoms with Crippen LogP contribution in [0.3, 0.4) is 0 Å². The van der Waals surface area contributed by atoms with Gasteiger partial charge in [-0.05, 0) is 106 Å². The SMILES string of the molecule is NCCCc1cc2c3c(ccc2c2ccccc12)[C@H](c1ccc2ccccc2c1NC(=O)C[C@@H]1C(=O)NCCN1S(=O)(=O)c1ccc(CN)cc1)CCC3. The molecule has 10 heteroatoms. The van der Waals surface area contributed by atoms with Gasteiger partial charge in [-0.15, -0.1) is 0 Å². The summed E-state index contributed by atoms with van der Waals surface area (Å²) in [5.74, 6) is -0.912. The fourth-order valence-electron chi connectivity index (χ4n) is 8.59. The van der Waals surface area contributed by atoms with Crippen molar-refractivity contribution in [2.75, 3.05) is 25.0 Å². The van der Waals surface area contributed by atoms with Crippen molar-refractivity contribution >= 4 is 59.8 Å². The zero-order chi connectivity index (χ0) is 37.4. The number of aryl methyl sites for hydroxylation is 2. The first-order chi connectivity index (χ1) is 26.3. The number of fused-ring (bicyclic) bond motifs is 6. The van der Waals surface area contributed by atoms with E-state index in [-0.39, 0.29) is 36.9 Å². The largest absolute Gasteiger partial charge is 0.353 e. The predicted octanol–water partition coefficient (Wildman–Crippen LogP) is 6.48. The van der Waals surface area contributed by atoms with Crippen molar-refractivity contribution in [1.29, 1.82) is 0 Å². The van der Waals surface area contributed by atoms with Gasteiger partial charge in [-0.3, -0.25) is 9.59 Å². The van der Waals surface area contributed by atoms with Crippen molar-refractivity contribution in [3.63, 3.8) is 0 Å². The lowest BCUT2D eigenvalue weighted by atomic mass is 9.75. The van der Waals surface area contributed by atoms with Gasteiger partial charge in [0.1, 0.15) is 6.04 Å². The molecule has 0 saturated carbocycles. The molecule has 0 bridgehead atoms. The quantitative estimate of drug-likeness (QED) is 0.118. The fraction of sp³-hybridized carbons (Fsp3) is 0.273. The summed E-state index contributed by atoms with van der Waals surface area (Å²) in [4.78, 5) is 27.5. The minimum Gasteiger partial charge on any atom is -0.353 e. The average Bonchev–Trinajstić information content (AvgIpc) is 3.20. The third-order valence-corrected chi connectivity index (χ3v) is 13.2. The number of hydrogen-bond acceptors (Lipinski definition) is 6. The van der Waals surface area contributed by atoms with Crippen molar-refractivity contribution in [1.82, 2.24) is 9.62 Å². The van der Waals surface area contributed by atoms with Crippen LogP contribution in [-0.4, -0.2) is 50.2 Å². The number of rotatable bonds is 10. The van der Waals surface area contributed by atoms with Crippen LogP contribution in [-0.2, 0) is 39.0 Å². The van der Waals surface area contributed by atoms with E-state index < -0.39 is 27.9 Å². The van der Waals surface area contributed by atoms with Gasteiger partial charge in [0.25, 0.3) is 0 Å². The molecule has 8 rings (SSSR count). The number of nitrogens with two attached hydrogens (primary N) is 2. The Balaban J connectivity index is 1.16. The third kappa shape index (κ3) is 6.53. The van der Waals surface area contributed by atoms with Crippen LogP contribution in [0.1, 0.15) is 59.4 Å². The van der Waals surface area contributed by atoms with E-state index in [1.54, 1.807) is 12.1 Å². The Kier molecular flexibility index (Phi) is 9.93. The van der Waals surface area contributed by atoms with Crippen LogP contribution in [0.4, 0.5) is 5.69 Å². The first-order valence-corrected chi connectivity index (χ1v) is 20.3. The topological polar surface area (TPSA) is 148 Å². The van der Waals surface area contributed by atoms with E-state index in [1.165, 1.54) is 50.4 Å². The zero-order valence-electron chi connectivity index (χ0n) is 30.2. The number of nitrogens with one attached hydrogen (secondary N) is 2. The van der Waals surface area contributed by atoms with Gasteiger partial charge in [0.2, 0.25) is 21.8 Å². The predicted molar refractivity (Wildman–Crippen MR) is 216 cm³/mol. The van der Waals surface area contributed by atoms with E-state index in [2.05, 4.69) is 65.2 Å². The lowest BCUT2D eigenvalue weighted by Crippen LogP contribution is -2.57. The van der Waals surface area contributed by atoms with E-state index in [9.17, 15) is 18.0 Å². The van der Waals surface area contributed by atoms with Crippen molar-refractivity contribution in [2.45, 2.75) is 61.9 Å². The van der Waals surface area contributed by atoms with Gasteiger partial charge in [0.15, 0.2) is 0 Å². The summed E-state index contributed by atoms with van der Waals surface area (Å²) < 4.78 is 28.9. The number of benzene rings is 6. The number of carbonyl (C=O) groups is 2. The second-order valence-electron chi connectivity index (χ2n) is 14.4. The number of hydrogen-bond donors (Lipinski definition) is 4. The Labute approximate surface area is 315 Å². The van der Waals surface area contributed by atoms with Crippen LogP contribution in [0.25, 0.3) is 32.3 Å². The second-order valence-corrected chi connectivity index (χ2v) is 16.3. The minimum atomic E-state index is -4.08. The molecule has 6 aromatic carbocycles. The third-order valence-electron chi connectivity index (χ3n) is 11.2. The van der Waals surface area contributed by atoms with Gasteiger partial charge in [-0.1, -0.05) is 91.0 Å². The Morgan fingerprint density at radius 1 is 0.833 bits per heavy atom. The normalized spacial score (nSPS) is 17.8. The van der Waals surface area contributed by atoms with E-state index in [0.717, 1.165) is 58.3 Å². The highest BCUT2D eigenvalue weighted by Gasteiger charge is 2.40. The smallest absolute Gasteiger partial charge is 0.243 e. The first kappa shape index (κ1) is 35.9. The summed E-state index contributed by atoms with van der Waals surface area (Å²) >= 11 is 0. The van der Waals surface area contributed by atoms with Crippen molar-refractivity contribution in [2.24, 2.45) is 11.5 Å².